The fourth-order valence-corrected chi connectivity index (χ4v) is 3.64. The monoisotopic (exact) mass is 480 g/mol. The molecule has 1 N–H and O–H groups in total. The number of halogens is 3. The van der Waals surface area contributed by atoms with Gasteiger partial charge < -0.3 is 10.1 Å². The molecule has 0 fully saturated rings. The molecule has 0 unspecified atom stereocenters. The van der Waals surface area contributed by atoms with Gasteiger partial charge in [-0.15, -0.1) is 0 Å². The first-order valence-corrected chi connectivity index (χ1v) is 10.6. The van der Waals surface area contributed by atoms with Crippen LogP contribution in [0.15, 0.2) is 40.9 Å². The van der Waals surface area contributed by atoms with Crippen LogP contribution in [0.3, 0.4) is 0 Å². The first-order chi connectivity index (χ1) is 12.1. The summed E-state index contributed by atoms with van der Waals surface area (Å²) >= 11 is 15.3. The van der Waals surface area contributed by atoms with Gasteiger partial charge in [-0.05, 0) is 52.3 Å². The number of carbonyl (C=O) groups excluding carboxylic acids is 1. The van der Waals surface area contributed by atoms with Crippen LogP contribution in [0.5, 0.6) is 5.75 Å². The van der Waals surface area contributed by atoms with Gasteiger partial charge in [-0.1, -0.05) is 23.2 Å². The van der Waals surface area contributed by atoms with E-state index in [9.17, 15) is 13.2 Å². The van der Waals surface area contributed by atoms with Gasteiger partial charge in [-0.25, -0.2) is 8.42 Å². The van der Waals surface area contributed by atoms with Crippen LogP contribution in [0, 0.1) is 0 Å². The van der Waals surface area contributed by atoms with Crippen molar-refractivity contribution in [3.8, 4) is 5.75 Å². The third kappa shape index (κ3) is 5.26. The van der Waals surface area contributed by atoms with Gasteiger partial charge >= 0.3 is 0 Å². The Balaban J connectivity index is 2.24. The molecule has 0 saturated heterocycles. The number of rotatable bonds is 6. The van der Waals surface area contributed by atoms with Gasteiger partial charge in [0.2, 0.25) is 15.9 Å². The number of nitrogens with one attached hydrogen (secondary N) is 1. The first kappa shape index (κ1) is 20.8. The molecular weight excluding hydrogens is 467 g/mol. The molecule has 0 spiro atoms. The van der Waals surface area contributed by atoms with Gasteiger partial charge in [0.25, 0.3) is 0 Å². The predicted molar refractivity (Wildman–Crippen MR) is 108 cm³/mol. The highest BCUT2D eigenvalue weighted by molar-refractivity contribution is 9.10. The highest BCUT2D eigenvalue weighted by atomic mass is 79.9. The van der Waals surface area contributed by atoms with Crippen LogP contribution < -0.4 is 14.4 Å². The molecule has 1 amide bonds. The highest BCUT2D eigenvalue weighted by Gasteiger charge is 2.22. The molecule has 0 aliphatic rings. The van der Waals surface area contributed by atoms with Crippen molar-refractivity contribution in [1.82, 2.24) is 0 Å². The number of anilines is 2. The first-order valence-electron chi connectivity index (χ1n) is 7.18. The number of amides is 1. The summed E-state index contributed by atoms with van der Waals surface area (Å²) in [5.41, 5.74) is 0.701. The Morgan fingerprint density at radius 1 is 1.19 bits per heavy atom. The number of hydrogen-bond donors (Lipinski definition) is 1. The summed E-state index contributed by atoms with van der Waals surface area (Å²) in [6.07, 6.45) is 1.01. The van der Waals surface area contributed by atoms with Crippen molar-refractivity contribution in [2.24, 2.45) is 0 Å². The van der Waals surface area contributed by atoms with Gasteiger partial charge in [0.1, 0.15) is 12.3 Å². The average molecular weight is 482 g/mol. The lowest BCUT2D eigenvalue weighted by Crippen LogP contribution is -2.37. The van der Waals surface area contributed by atoms with E-state index in [1.807, 2.05) is 0 Å². The summed E-state index contributed by atoms with van der Waals surface area (Å²) in [6, 6.07) is 9.33. The van der Waals surface area contributed by atoms with Crippen molar-refractivity contribution in [2.45, 2.75) is 0 Å². The molecule has 2 aromatic rings. The van der Waals surface area contributed by atoms with Crippen molar-refractivity contribution < 1.29 is 17.9 Å². The molecule has 2 aromatic carbocycles. The number of methoxy groups -OCH3 is 1. The normalized spacial score (nSPS) is 11.1. The van der Waals surface area contributed by atoms with Crippen LogP contribution in [0.2, 0.25) is 10.0 Å². The number of sulfonamides is 1. The fraction of sp³-hybridized carbons (Fsp3) is 0.188. The summed E-state index contributed by atoms with van der Waals surface area (Å²) in [6.45, 7) is -0.421. The number of benzene rings is 2. The number of ether oxygens (including phenoxy) is 1. The Labute approximate surface area is 170 Å². The number of hydrogen-bond acceptors (Lipinski definition) is 4. The lowest BCUT2D eigenvalue weighted by atomic mass is 10.3. The van der Waals surface area contributed by atoms with Crippen molar-refractivity contribution in [1.29, 1.82) is 0 Å². The third-order valence-corrected chi connectivity index (χ3v) is 5.98. The molecule has 0 aromatic heterocycles. The topological polar surface area (TPSA) is 75.7 Å². The molecular formula is C16H15BrCl2N2O4S. The quantitative estimate of drug-likeness (QED) is 0.671. The molecule has 0 bridgehead atoms. The minimum Gasteiger partial charge on any atom is -0.495 e. The second-order valence-corrected chi connectivity index (χ2v) is 8.84. The summed E-state index contributed by atoms with van der Waals surface area (Å²) < 4.78 is 30.9. The summed E-state index contributed by atoms with van der Waals surface area (Å²) in [5, 5.41) is 3.27. The van der Waals surface area contributed by atoms with Crippen LogP contribution in [0.1, 0.15) is 0 Å². The summed E-state index contributed by atoms with van der Waals surface area (Å²) in [5.74, 6) is -0.126. The number of nitrogens with zero attached hydrogens (tertiary/aromatic N) is 1. The molecule has 0 heterocycles. The standard InChI is InChI=1S/C16H15BrCl2N2O4S/c1-25-15-6-4-11(8-14(15)19)21(26(2,23)24)9-16(22)20-10-3-5-12(17)13(18)7-10/h3-8H,9H2,1-2H3,(H,20,22). The summed E-state index contributed by atoms with van der Waals surface area (Å²) in [7, 11) is -2.27. The average Bonchev–Trinajstić information content (AvgIpc) is 2.55. The molecule has 0 aliphatic carbocycles. The van der Waals surface area contributed by atoms with Gasteiger partial charge in [0.05, 0.1) is 29.1 Å². The zero-order valence-corrected chi connectivity index (χ0v) is 17.7. The Morgan fingerprint density at radius 3 is 2.42 bits per heavy atom. The van der Waals surface area contributed by atoms with Gasteiger partial charge in [0, 0.05) is 10.2 Å². The largest absolute Gasteiger partial charge is 0.495 e. The second kappa shape index (κ2) is 8.47. The van der Waals surface area contributed by atoms with E-state index in [-0.39, 0.29) is 10.7 Å². The van der Waals surface area contributed by atoms with Crippen LogP contribution in [-0.4, -0.2) is 34.2 Å². The van der Waals surface area contributed by atoms with Gasteiger partial charge in [-0.2, -0.15) is 0 Å². The van der Waals surface area contributed by atoms with Crippen LogP contribution in [0.25, 0.3) is 0 Å². The molecule has 10 heteroatoms. The Hall–Kier alpha value is -1.48. The lowest BCUT2D eigenvalue weighted by Gasteiger charge is -2.22. The number of carbonyl (C=O) groups is 1. The minimum absolute atomic E-state index is 0.235. The smallest absolute Gasteiger partial charge is 0.245 e. The van der Waals surface area contributed by atoms with E-state index in [2.05, 4.69) is 21.2 Å². The summed E-state index contributed by atoms with van der Waals surface area (Å²) in [4.78, 5) is 12.3. The molecule has 140 valence electrons. The zero-order chi connectivity index (χ0) is 19.5. The van der Waals surface area contributed by atoms with Gasteiger partial charge in [0.15, 0.2) is 0 Å². The lowest BCUT2D eigenvalue weighted by molar-refractivity contribution is -0.114. The molecule has 26 heavy (non-hydrogen) atoms. The molecule has 6 nitrogen and oxygen atoms in total. The third-order valence-electron chi connectivity index (χ3n) is 3.31. The molecule has 0 aliphatic heterocycles. The van der Waals surface area contributed by atoms with E-state index >= 15 is 0 Å². The predicted octanol–water partition coefficient (Wildman–Crippen LogP) is 4.17. The Bertz CT molecular complexity index is 938. The Morgan fingerprint density at radius 2 is 1.88 bits per heavy atom. The van der Waals surface area contributed by atoms with Crippen LogP contribution >= 0.6 is 39.1 Å². The fourth-order valence-electron chi connectivity index (χ4n) is 2.12. The van der Waals surface area contributed by atoms with Crippen molar-refractivity contribution >= 4 is 66.4 Å². The Kier molecular flexibility index (Phi) is 6.79. The molecule has 0 atom stereocenters. The van der Waals surface area contributed by atoms with Crippen molar-refractivity contribution in [3.05, 3.63) is 50.9 Å². The highest BCUT2D eigenvalue weighted by Crippen LogP contribution is 2.30. The second-order valence-electron chi connectivity index (χ2n) is 5.27. The van der Waals surface area contributed by atoms with Crippen LogP contribution in [-0.2, 0) is 14.8 Å². The van der Waals surface area contributed by atoms with E-state index in [0.29, 0.717) is 20.9 Å². The SMILES string of the molecule is COc1ccc(N(CC(=O)Nc2ccc(Br)c(Cl)c2)S(C)(=O)=O)cc1Cl. The van der Waals surface area contributed by atoms with Crippen molar-refractivity contribution in [2.75, 3.05) is 29.5 Å². The maximum absolute atomic E-state index is 12.3. The molecule has 2 rings (SSSR count). The minimum atomic E-state index is -3.72. The van der Waals surface area contributed by atoms with E-state index in [0.717, 1.165) is 10.6 Å². The maximum Gasteiger partial charge on any atom is 0.245 e. The zero-order valence-electron chi connectivity index (χ0n) is 13.8. The van der Waals surface area contributed by atoms with Crippen LogP contribution in [0.4, 0.5) is 11.4 Å². The maximum atomic E-state index is 12.3. The van der Waals surface area contributed by atoms with Crippen molar-refractivity contribution in [3.63, 3.8) is 0 Å². The molecule has 0 saturated carbocycles. The van der Waals surface area contributed by atoms with E-state index in [1.54, 1.807) is 18.2 Å². The van der Waals surface area contributed by atoms with E-state index in [1.165, 1.54) is 25.3 Å². The molecule has 0 radical (unpaired) electrons. The van der Waals surface area contributed by atoms with E-state index < -0.39 is 22.5 Å². The van der Waals surface area contributed by atoms with Gasteiger partial charge in [-0.3, -0.25) is 9.10 Å². The van der Waals surface area contributed by atoms with E-state index in [4.69, 9.17) is 27.9 Å².